The number of fused-ring (bicyclic) bond motifs is 1. The van der Waals surface area contributed by atoms with E-state index in [1.54, 1.807) is 19.1 Å². The summed E-state index contributed by atoms with van der Waals surface area (Å²) in [7, 11) is -4.00. The molecule has 1 N–H and O–H groups in total. The number of hydrogen-bond acceptors (Lipinski definition) is 5. The topological polar surface area (TPSA) is 104 Å². The molecule has 192 valence electrons. The van der Waals surface area contributed by atoms with Crippen LogP contribution in [-0.2, 0) is 26.2 Å². The first kappa shape index (κ1) is 25.9. The van der Waals surface area contributed by atoms with Crippen LogP contribution in [0.4, 0.5) is 0 Å². The van der Waals surface area contributed by atoms with Gasteiger partial charge in [-0.05, 0) is 44.4 Å². The highest BCUT2D eigenvalue weighted by atomic mass is 32.2. The molecule has 1 saturated carbocycles. The normalized spacial score (nSPS) is 17.9. The van der Waals surface area contributed by atoms with Crippen molar-refractivity contribution in [1.82, 2.24) is 14.5 Å². The van der Waals surface area contributed by atoms with E-state index in [1.165, 1.54) is 23.5 Å². The second kappa shape index (κ2) is 10.8. The zero-order valence-corrected chi connectivity index (χ0v) is 21.6. The quantitative estimate of drug-likeness (QED) is 0.585. The number of hydrogen-bond donors (Lipinski definition) is 1. The van der Waals surface area contributed by atoms with E-state index >= 15 is 0 Å². The number of rotatable bonds is 8. The molecular weight excluding hydrogens is 478 g/mol. The summed E-state index contributed by atoms with van der Waals surface area (Å²) in [4.78, 5) is 40.7. The molecule has 3 amide bonds. The Kier molecular flexibility index (Phi) is 7.78. The second-order valence-electron chi connectivity index (χ2n) is 9.66. The molecule has 8 nitrogen and oxygen atoms in total. The third-order valence-corrected chi connectivity index (χ3v) is 8.84. The molecule has 0 bridgehead atoms. The summed E-state index contributed by atoms with van der Waals surface area (Å²) >= 11 is 0. The zero-order chi connectivity index (χ0) is 25.9. The summed E-state index contributed by atoms with van der Waals surface area (Å²) in [5, 5.41) is 3.09. The van der Waals surface area contributed by atoms with Crippen LogP contribution in [0, 0.1) is 6.92 Å². The van der Waals surface area contributed by atoms with Crippen molar-refractivity contribution in [3.05, 3.63) is 65.2 Å². The van der Waals surface area contributed by atoms with Crippen LogP contribution in [0.2, 0.25) is 0 Å². The monoisotopic (exact) mass is 511 g/mol. The van der Waals surface area contributed by atoms with E-state index in [-0.39, 0.29) is 47.8 Å². The van der Waals surface area contributed by atoms with Gasteiger partial charge in [0.15, 0.2) is 0 Å². The smallest absolute Gasteiger partial charge is 0.269 e. The SMILES string of the molecule is Cc1cccc(CN(C(=O)CCN2C(=O)c3ccccc3S2(=O)=O)C(C)C(=O)NC2CCCCC2)c1. The summed E-state index contributed by atoms with van der Waals surface area (Å²) in [6, 6.07) is 13.1. The summed E-state index contributed by atoms with van der Waals surface area (Å²) in [6.45, 7) is 3.58. The minimum atomic E-state index is -4.00. The van der Waals surface area contributed by atoms with Crippen molar-refractivity contribution in [2.24, 2.45) is 0 Å². The molecule has 9 heteroatoms. The van der Waals surface area contributed by atoms with Gasteiger partial charge in [0.2, 0.25) is 11.8 Å². The molecular formula is C27H33N3O5S. The van der Waals surface area contributed by atoms with Crippen molar-refractivity contribution in [2.75, 3.05) is 6.54 Å². The fraction of sp³-hybridized carbons (Fsp3) is 0.444. The number of benzene rings is 2. The van der Waals surface area contributed by atoms with Gasteiger partial charge >= 0.3 is 0 Å². The van der Waals surface area contributed by atoms with E-state index in [1.807, 2.05) is 31.2 Å². The Balaban J connectivity index is 1.50. The molecule has 0 aromatic heterocycles. The zero-order valence-electron chi connectivity index (χ0n) is 20.8. The number of nitrogens with one attached hydrogen (secondary N) is 1. The average Bonchev–Trinajstić information content (AvgIpc) is 3.06. The highest BCUT2D eigenvalue weighted by molar-refractivity contribution is 7.90. The lowest BCUT2D eigenvalue weighted by molar-refractivity contribution is -0.141. The summed E-state index contributed by atoms with van der Waals surface area (Å²) in [5.74, 6) is -1.24. The Morgan fingerprint density at radius 2 is 1.81 bits per heavy atom. The molecule has 2 aliphatic rings. The van der Waals surface area contributed by atoms with E-state index in [4.69, 9.17) is 0 Å². The summed E-state index contributed by atoms with van der Waals surface area (Å²) in [5.41, 5.74) is 2.02. The second-order valence-corrected chi connectivity index (χ2v) is 11.5. The van der Waals surface area contributed by atoms with Gasteiger partial charge in [0.1, 0.15) is 10.9 Å². The van der Waals surface area contributed by atoms with Gasteiger partial charge in [-0.3, -0.25) is 14.4 Å². The van der Waals surface area contributed by atoms with Gasteiger partial charge in [-0.2, -0.15) is 0 Å². The van der Waals surface area contributed by atoms with Crippen LogP contribution in [-0.4, -0.2) is 54.0 Å². The first-order valence-electron chi connectivity index (χ1n) is 12.5. The molecule has 4 rings (SSSR count). The molecule has 1 aliphatic carbocycles. The molecule has 1 aliphatic heterocycles. The number of carbonyl (C=O) groups is 3. The lowest BCUT2D eigenvalue weighted by atomic mass is 9.95. The summed E-state index contributed by atoms with van der Waals surface area (Å²) in [6.07, 6.45) is 4.96. The van der Waals surface area contributed by atoms with Gasteiger partial charge in [0.05, 0.1) is 5.56 Å². The molecule has 1 unspecified atom stereocenters. The fourth-order valence-corrected chi connectivity index (χ4v) is 6.52. The fourth-order valence-electron chi connectivity index (χ4n) is 4.95. The Bertz CT molecular complexity index is 1250. The van der Waals surface area contributed by atoms with Crippen molar-refractivity contribution in [3.8, 4) is 0 Å². The molecule has 0 spiro atoms. The van der Waals surface area contributed by atoms with E-state index in [2.05, 4.69) is 5.32 Å². The minimum Gasteiger partial charge on any atom is -0.352 e. The maximum absolute atomic E-state index is 13.4. The highest BCUT2D eigenvalue weighted by Crippen LogP contribution is 2.30. The highest BCUT2D eigenvalue weighted by Gasteiger charge is 2.41. The van der Waals surface area contributed by atoms with Crippen LogP contribution < -0.4 is 5.32 Å². The molecule has 1 fully saturated rings. The van der Waals surface area contributed by atoms with Crippen molar-refractivity contribution in [2.45, 2.75) is 75.9 Å². The molecule has 36 heavy (non-hydrogen) atoms. The summed E-state index contributed by atoms with van der Waals surface area (Å²) < 4.78 is 26.5. The van der Waals surface area contributed by atoms with E-state index in [0.29, 0.717) is 0 Å². The lowest BCUT2D eigenvalue weighted by Crippen LogP contribution is -2.50. The Hall–Kier alpha value is -3.20. The predicted molar refractivity (Wildman–Crippen MR) is 135 cm³/mol. The average molecular weight is 512 g/mol. The first-order chi connectivity index (χ1) is 17.2. The largest absolute Gasteiger partial charge is 0.352 e. The van der Waals surface area contributed by atoms with Gasteiger partial charge < -0.3 is 10.2 Å². The Labute approximate surface area is 212 Å². The van der Waals surface area contributed by atoms with Crippen LogP contribution >= 0.6 is 0 Å². The number of aryl methyl sites for hydroxylation is 1. The van der Waals surface area contributed by atoms with Crippen molar-refractivity contribution in [3.63, 3.8) is 0 Å². The maximum Gasteiger partial charge on any atom is 0.269 e. The van der Waals surface area contributed by atoms with Crippen LogP contribution in [0.25, 0.3) is 0 Å². The Morgan fingerprint density at radius 3 is 2.50 bits per heavy atom. The Morgan fingerprint density at radius 1 is 1.08 bits per heavy atom. The van der Waals surface area contributed by atoms with Gasteiger partial charge in [-0.1, -0.05) is 61.2 Å². The van der Waals surface area contributed by atoms with Crippen LogP contribution in [0.1, 0.15) is 66.9 Å². The standard InChI is InChI=1S/C27H33N3O5S/c1-19-9-8-10-21(17-19)18-29(20(2)26(32)28-22-11-4-3-5-12-22)25(31)15-16-30-27(33)23-13-6-7-14-24(23)36(30,34)35/h6-10,13-14,17,20,22H,3-5,11-12,15-16,18H2,1-2H3,(H,28,32). The van der Waals surface area contributed by atoms with Crippen molar-refractivity contribution in [1.29, 1.82) is 0 Å². The molecule has 1 heterocycles. The third kappa shape index (κ3) is 5.46. The van der Waals surface area contributed by atoms with Gasteiger partial charge in [-0.25, -0.2) is 12.7 Å². The number of amides is 3. The first-order valence-corrected chi connectivity index (χ1v) is 13.9. The van der Waals surface area contributed by atoms with Crippen molar-refractivity contribution >= 4 is 27.7 Å². The number of carbonyl (C=O) groups excluding carboxylic acids is 3. The number of nitrogens with zero attached hydrogens (tertiary/aromatic N) is 2. The van der Waals surface area contributed by atoms with E-state index in [0.717, 1.165) is 41.1 Å². The maximum atomic E-state index is 13.4. The lowest BCUT2D eigenvalue weighted by Gasteiger charge is -2.31. The van der Waals surface area contributed by atoms with Gasteiger partial charge in [0, 0.05) is 25.6 Å². The molecule has 0 radical (unpaired) electrons. The van der Waals surface area contributed by atoms with Crippen LogP contribution in [0.5, 0.6) is 0 Å². The molecule has 2 aromatic carbocycles. The molecule has 1 atom stereocenters. The predicted octanol–water partition coefficient (Wildman–Crippen LogP) is 3.40. The third-order valence-electron chi connectivity index (χ3n) is 7.00. The molecule has 2 aromatic rings. The van der Waals surface area contributed by atoms with Crippen molar-refractivity contribution < 1.29 is 22.8 Å². The number of sulfonamides is 1. The minimum absolute atomic E-state index is 0.0423. The van der Waals surface area contributed by atoms with Gasteiger partial charge in [-0.15, -0.1) is 0 Å². The van der Waals surface area contributed by atoms with E-state index < -0.39 is 22.0 Å². The van der Waals surface area contributed by atoms with Gasteiger partial charge in [0.25, 0.3) is 15.9 Å². The van der Waals surface area contributed by atoms with E-state index in [9.17, 15) is 22.8 Å². The van der Waals surface area contributed by atoms with Crippen LogP contribution in [0.15, 0.2) is 53.4 Å². The van der Waals surface area contributed by atoms with Crippen LogP contribution in [0.3, 0.4) is 0 Å². The molecule has 0 saturated heterocycles.